The van der Waals surface area contributed by atoms with Crippen LogP contribution in [0.25, 0.3) is 87.4 Å². The molecule has 8 aromatic carbocycles. The van der Waals surface area contributed by atoms with E-state index in [2.05, 4.69) is 133 Å². The molecule has 0 amide bonds. The average molecular weight is 746 g/mol. The first-order chi connectivity index (χ1) is 28.2. The maximum absolute atomic E-state index is 6.27. The summed E-state index contributed by atoms with van der Waals surface area (Å²) in [6.45, 7) is 0. The molecule has 0 atom stereocenters. The minimum absolute atomic E-state index is 0.530. The normalized spacial score (nSPS) is 13.1. The van der Waals surface area contributed by atoms with E-state index in [0.29, 0.717) is 17.5 Å². The van der Waals surface area contributed by atoms with Crippen molar-refractivity contribution >= 4 is 53.4 Å². The van der Waals surface area contributed by atoms with E-state index in [1.807, 2.05) is 65.9 Å². The number of benzene rings is 8. The van der Waals surface area contributed by atoms with E-state index < -0.39 is 5.41 Å². The molecule has 57 heavy (non-hydrogen) atoms. The van der Waals surface area contributed by atoms with E-state index in [1.54, 1.807) is 0 Å². The van der Waals surface area contributed by atoms with Crippen molar-refractivity contribution in [3.05, 3.63) is 210 Å². The van der Waals surface area contributed by atoms with Gasteiger partial charge in [-0.2, -0.15) is 0 Å². The lowest BCUT2D eigenvalue weighted by molar-refractivity contribution is 0.669. The van der Waals surface area contributed by atoms with Crippen LogP contribution in [-0.2, 0) is 5.41 Å². The lowest BCUT2D eigenvalue weighted by atomic mass is 9.67. The summed E-state index contributed by atoms with van der Waals surface area (Å²) in [7, 11) is 0. The summed E-state index contributed by atoms with van der Waals surface area (Å²) < 4.78 is 8.87. The van der Waals surface area contributed by atoms with Crippen LogP contribution in [0, 0.1) is 0 Å². The molecular formula is C52H31N3OS. The Morgan fingerprint density at radius 1 is 0.368 bits per heavy atom. The second-order valence-electron chi connectivity index (χ2n) is 14.7. The van der Waals surface area contributed by atoms with Crippen molar-refractivity contribution in [2.75, 3.05) is 0 Å². The molecule has 0 radical (unpaired) electrons. The topological polar surface area (TPSA) is 51.8 Å². The second-order valence-corrected chi connectivity index (χ2v) is 15.8. The molecule has 11 aromatic rings. The molecule has 266 valence electrons. The summed E-state index contributed by atoms with van der Waals surface area (Å²) in [6, 6.07) is 67.0. The summed E-state index contributed by atoms with van der Waals surface area (Å²) in [5.41, 5.74) is 11.4. The van der Waals surface area contributed by atoms with Crippen molar-refractivity contribution in [1.82, 2.24) is 15.0 Å². The Hall–Kier alpha value is -7.21. The second kappa shape index (κ2) is 12.4. The zero-order chi connectivity index (χ0) is 37.5. The maximum Gasteiger partial charge on any atom is 0.164 e. The quantitative estimate of drug-likeness (QED) is 0.176. The lowest BCUT2D eigenvalue weighted by Crippen LogP contribution is -2.28. The van der Waals surface area contributed by atoms with Gasteiger partial charge >= 0.3 is 0 Å². The molecule has 0 spiro atoms. The molecule has 0 aliphatic heterocycles. The SMILES string of the molecule is c1ccc(-c2nc(-c3ccc(C4(c5ccc6c(c5)sc5ccccc56)c5ccccc5-c5ccccc54)cc3)nc(-c3ccc4c(c3)oc3ccccc34)n2)cc1. The molecule has 0 saturated carbocycles. The number of hydrogen-bond acceptors (Lipinski definition) is 5. The number of fused-ring (bicyclic) bond motifs is 9. The third-order valence-corrected chi connectivity index (χ3v) is 12.8. The number of hydrogen-bond donors (Lipinski definition) is 0. The molecule has 4 nitrogen and oxygen atoms in total. The first-order valence-electron chi connectivity index (χ1n) is 19.2. The fourth-order valence-corrected chi connectivity index (χ4v) is 10.2. The third kappa shape index (κ3) is 4.82. The molecule has 0 fully saturated rings. The van der Waals surface area contributed by atoms with Crippen LogP contribution in [0.1, 0.15) is 22.3 Å². The molecule has 1 aliphatic carbocycles. The first-order valence-corrected chi connectivity index (χ1v) is 20.0. The minimum Gasteiger partial charge on any atom is -0.456 e. The first kappa shape index (κ1) is 32.1. The number of nitrogens with zero attached hydrogens (tertiary/aromatic N) is 3. The number of furan rings is 1. The van der Waals surface area contributed by atoms with E-state index in [1.165, 1.54) is 53.6 Å². The van der Waals surface area contributed by atoms with Crippen LogP contribution in [0.2, 0.25) is 0 Å². The Morgan fingerprint density at radius 2 is 0.895 bits per heavy atom. The Morgan fingerprint density at radius 3 is 1.65 bits per heavy atom. The molecule has 12 rings (SSSR count). The van der Waals surface area contributed by atoms with Gasteiger partial charge in [0.15, 0.2) is 17.5 Å². The van der Waals surface area contributed by atoms with Gasteiger partial charge in [0.2, 0.25) is 0 Å². The van der Waals surface area contributed by atoms with Crippen molar-refractivity contribution < 1.29 is 4.42 Å². The molecule has 0 unspecified atom stereocenters. The smallest absolute Gasteiger partial charge is 0.164 e. The highest BCUT2D eigenvalue weighted by Gasteiger charge is 2.46. The molecule has 0 N–H and O–H groups in total. The summed E-state index contributed by atoms with van der Waals surface area (Å²) in [5.74, 6) is 1.83. The fraction of sp³-hybridized carbons (Fsp3) is 0.0192. The average Bonchev–Trinajstić information content (AvgIpc) is 3.94. The van der Waals surface area contributed by atoms with Crippen LogP contribution >= 0.6 is 11.3 Å². The standard InChI is InChI=1S/C52H31N3OS/c1-2-12-32(13-3-1)49-53-50(55-51(54-49)34-24-28-40-39-16-6-10-20-45(39)56-46(40)30-34)33-22-25-35(26-23-33)52(43-18-8-4-14-37(43)38-15-5-9-19-44(38)52)36-27-29-42-41-17-7-11-21-47(41)57-48(42)31-36/h1-31H. The van der Waals surface area contributed by atoms with Crippen LogP contribution < -0.4 is 0 Å². The van der Waals surface area contributed by atoms with Crippen LogP contribution in [0.5, 0.6) is 0 Å². The van der Waals surface area contributed by atoms with Crippen molar-refractivity contribution in [3.63, 3.8) is 0 Å². The molecule has 0 bridgehead atoms. The molecule has 0 saturated heterocycles. The molecule has 3 aromatic heterocycles. The Balaban J connectivity index is 1.04. The number of rotatable bonds is 5. The summed E-state index contributed by atoms with van der Waals surface area (Å²) in [5, 5.41) is 4.76. The van der Waals surface area contributed by atoms with Gasteiger partial charge in [0, 0.05) is 47.6 Å². The molecule has 5 heteroatoms. The highest BCUT2D eigenvalue weighted by molar-refractivity contribution is 7.25. The summed E-state index contributed by atoms with van der Waals surface area (Å²) in [6.07, 6.45) is 0. The van der Waals surface area contributed by atoms with Crippen molar-refractivity contribution in [2.24, 2.45) is 0 Å². The van der Waals surface area contributed by atoms with Crippen LogP contribution in [-0.4, -0.2) is 15.0 Å². The number of thiophene rings is 1. The van der Waals surface area contributed by atoms with Crippen LogP contribution in [0.4, 0.5) is 0 Å². The minimum atomic E-state index is -0.530. The van der Waals surface area contributed by atoms with Gasteiger partial charge in [-0.1, -0.05) is 158 Å². The third-order valence-electron chi connectivity index (χ3n) is 11.6. The predicted octanol–water partition coefficient (Wildman–Crippen LogP) is 13.5. The van der Waals surface area contributed by atoms with Gasteiger partial charge in [-0.15, -0.1) is 11.3 Å². The van der Waals surface area contributed by atoms with Gasteiger partial charge in [-0.05, 0) is 63.7 Å². The van der Waals surface area contributed by atoms with Gasteiger partial charge in [0.05, 0.1) is 5.41 Å². The predicted molar refractivity (Wildman–Crippen MR) is 234 cm³/mol. The van der Waals surface area contributed by atoms with E-state index >= 15 is 0 Å². The largest absolute Gasteiger partial charge is 0.456 e. The molecule has 3 heterocycles. The molecular weight excluding hydrogens is 715 g/mol. The Labute approximate surface area is 332 Å². The monoisotopic (exact) mass is 745 g/mol. The van der Waals surface area contributed by atoms with Gasteiger partial charge < -0.3 is 4.42 Å². The van der Waals surface area contributed by atoms with E-state index in [4.69, 9.17) is 19.4 Å². The van der Waals surface area contributed by atoms with Gasteiger partial charge in [-0.3, -0.25) is 0 Å². The van der Waals surface area contributed by atoms with Crippen LogP contribution in [0.3, 0.4) is 0 Å². The van der Waals surface area contributed by atoms with Gasteiger partial charge in [0.1, 0.15) is 11.2 Å². The number of para-hydroxylation sites is 1. The van der Waals surface area contributed by atoms with Crippen molar-refractivity contribution in [3.8, 4) is 45.3 Å². The van der Waals surface area contributed by atoms with Gasteiger partial charge in [0.25, 0.3) is 0 Å². The zero-order valence-electron chi connectivity index (χ0n) is 30.6. The number of aromatic nitrogens is 3. The Bertz CT molecular complexity index is 3320. The maximum atomic E-state index is 6.27. The summed E-state index contributed by atoms with van der Waals surface area (Å²) in [4.78, 5) is 15.2. The van der Waals surface area contributed by atoms with Crippen LogP contribution in [0.15, 0.2) is 192 Å². The zero-order valence-corrected chi connectivity index (χ0v) is 31.4. The Kier molecular flexibility index (Phi) is 6.98. The lowest BCUT2D eigenvalue weighted by Gasteiger charge is -2.34. The highest BCUT2D eigenvalue weighted by Crippen LogP contribution is 2.56. The highest BCUT2D eigenvalue weighted by atomic mass is 32.1. The van der Waals surface area contributed by atoms with E-state index in [-0.39, 0.29) is 0 Å². The van der Waals surface area contributed by atoms with Crippen molar-refractivity contribution in [1.29, 1.82) is 0 Å². The van der Waals surface area contributed by atoms with Gasteiger partial charge in [-0.25, -0.2) is 15.0 Å². The van der Waals surface area contributed by atoms with E-state index in [9.17, 15) is 0 Å². The summed E-state index contributed by atoms with van der Waals surface area (Å²) >= 11 is 1.86. The van der Waals surface area contributed by atoms with E-state index in [0.717, 1.165) is 38.6 Å². The van der Waals surface area contributed by atoms with Crippen molar-refractivity contribution in [2.45, 2.75) is 5.41 Å². The fourth-order valence-electron chi connectivity index (χ4n) is 9.07. The molecule has 1 aliphatic rings.